The average Bonchev–Trinajstić information content (AvgIpc) is 3.43. The van der Waals surface area contributed by atoms with Crippen LogP contribution in [0, 0.1) is 0 Å². The third-order valence-electron chi connectivity index (χ3n) is 7.86. The van der Waals surface area contributed by atoms with E-state index in [1.165, 1.54) is 89.9 Å². The van der Waals surface area contributed by atoms with E-state index in [2.05, 4.69) is 18.9 Å². The number of aliphatic hydroxyl groups excluding tert-OH is 1. The number of nitrogens with one attached hydrogen (secondary N) is 1. The molecule has 43 heavy (non-hydrogen) atoms. The predicted molar refractivity (Wildman–Crippen MR) is 172 cm³/mol. The van der Waals surface area contributed by atoms with Crippen LogP contribution in [0.25, 0.3) is 0 Å². The van der Waals surface area contributed by atoms with Crippen LogP contribution in [0.1, 0.15) is 162 Å². The quantitative estimate of drug-likeness (QED) is 0.0455. The van der Waals surface area contributed by atoms with Gasteiger partial charge in [-0.15, -0.1) is 0 Å². The molecule has 0 bridgehead atoms. The molecule has 0 saturated carbocycles. The topological polar surface area (TPSA) is 120 Å². The lowest BCUT2D eigenvalue weighted by Gasteiger charge is -2.21. The number of unbranched alkanes of at least 4 members (excludes halogenated alkanes) is 19. The van der Waals surface area contributed by atoms with Crippen LogP contribution >= 0.6 is 7.75 Å². The minimum absolute atomic E-state index is 0.239. The van der Waals surface area contributed by atoms with Crippen molar-refractivity contribution in [3.63, 3.8) is 0 Å². The molecule has 1 aliphatic heterocycles. The molecular weight excluding hydrogens is 569 g/mol. The molecule has 0 aromatic carbocycles. The van der Waals surface area contributed by atoms with Gasteiger partial charge < -0.3 is 14.6 Å². The monoisotopic (exact) mass is 633 g/mol. The van der Waals surface area contributed by atoms with Crippen molar-refractivity contribution in [1.82, 2.24) is 5.09 Å². The largest absolute Gasteiger partial charge is 0.463 e. The smallest absolute Gasteiger partial charge is 0.406 e. The number of carbonyl (C=O) groups is 2. The molecule has 254 valence electrons. The van der Waals surface area contributed by atoms with Gasteiger partial charge in [0, 0.05) is 13.0 Å². The molecule has 1 heterocycles. The Morgan fingerprint density at radius 1 is 0.721 bits per heavy atom. The molecule has 0 aliphatic carbocycles. The second kappa shape index (κ2) is 27.3. The summed E-state index contributed by atoms with van der Waals surface area (Å²) in [4.78, 5) is 24.8. The van der Waals surface area contributed by atoms with Crippen LogP contribution in [0.3, 0.4) is 0 Å². The van der Waals surface area contributed by atoms with Crippen molar-refractivity contribution in [3.8, 4) is 0 Å². The van der Waals surface area contributed by atoms with E-state index in [0.717, 1.165) is 44.9 Å². The molecule has 0 radical (unpaired) electrons. The van der Waals surface area contributed by atoms with Crippen LogP contribution in [-0.4, -0.2) is 55.6 Å². The van der Waals surface area contributed by atoms with Crippen LogP contribution in [0.4, 0.5) is 0 Å². The summed E-state index contributed by atoms with van der Waals surface area (Å²) < 4.78 is 33.9. The SMILES string of the molecule is CCCCCCCCCCCCCC(=O)OCC(O)COC(=O)C(CCCCCCCCCCCC)OP1(=O)NCCO1. The Hall–Kier alpha value is -0.990. The lowest BCUT2D eigenvalue weighted by atomic mass is 10.0. The van der Waals surface area contributed by atoms with Gasteiger partial charge in [-0.1, -0.05) is 142 Å². The van der Waals surface area contributed by atoms with Gasteiger partial charge in [0.05, 0.1) is 6.61 Å². The molecule has 9 nitrogen and oxygen atoms in total. The molecule has 1 saturated heterocycles. The zero-order valence-corrected chi connectivity index (χ0v) is 28.4. The van der Waals surface area contributed by atoms with Gasteiger partial charge in [-0.3, -0.25) is 13.8 Å². The zero-order chi connectivity index (χ0) is 31.4. The first-order valence-electron chi connectivity index (χ1n) is 17.6. The Morgan fingerprint density at radius 3 is 1.67 bits per heavy atom. The molecular formula is C33H64NO8P. The minimum Gasteiger partial charge on any atom is -0.463 e. The first-order valence-corrected chi connectivity index (χ1v) is 19.1. The highest BCUT2D eigenvalue weighted by atomic mass is 31.2. The van der Waals surface area contributed by atoms with Gasteiger partial charge >= 0.3 is 19.7 Å². The molecule has 10 heteroatoms. The summed E-state index contributed by atoms with van der Waals surface area (Å²) in [6.45, 7) is 4.52. The third kappa shape index (κ3) is 23.1. The molecule has 2 N–H and O–H groups in total. The molecule has 0 spiro atoms. The summed E-state index contributed by atoms with van der Waals surface area (Å²) in [6, 6.07) is 0. The fourth-order valence-corrected chi connectivity index (χ4v) is 6.62. The van der Waals surface area contributed by atoms with Crippen LogP contribution in [0.5, 0.6) is 0 Å². The summed E-state index contributed by atoms with van der Waals surface area (Å²) >= 11 is 0. The van der Waals surface area contributed by atoms with Crippen molar-refractivity contribution in [2.45, 2.75) is 174 Å². The van der Waals surface area contributed by atoms with Crippen LogP contribution in [0.2, 0.25) is 0 Å². The zero-order valence-electron chi connectivity index (χ0n) is 27.5. The first kappa shape index (κ1) is 40.0. The number of rotatable bonds is 30. The van der Waals surface area contributed by atoms with E-state index in [9.17, 15) is 19.3 Å². The molecule has 3 atom stereocenters. The fourth-order valence-electron chi connectivity index (χ4n) is 5.17. The molecule has 3 unspecified atom stereocenters. The Bertz CT molecular complexity index is 728. The number of ether oxygens (including phenoxy) is 2. The van der Waals surface area contributed by atoms with Crippen molar-refractivity contribution in [3.05, 3.63) is 0 Å². The predicted octanol–water partition coefficient (Wildman–Crippen LogP) is 8.56. The first-order chi connectivity index (χ1) is 20.9. The van der Waals surface area contributed by atoms with Crippen molar-refractivity contribution < 1.29 is 37.8 Å². The van der Waals surface area contributed by atoms with Gasteiger partial charge in [0.1, 0.15) is 19.3 Å². The second-order valence-corrected chi connectivity index (χ2v) is 13.8. The summed E-state index contributed by atoms with van der Waals surface area (Å²) in [5.74, 6) is -1.05. The highest BCUT2D eigenvalue weighted by Gasteiger charge is 2.36. The molecule has 1 rings (SSSR count). The highest BCUT2D eigenvalue weighted by molar-refractivity contribution is 7.51. The molecule has 0 amide bonds. The number of hydrogen-bond donors (Lipinski definition) is 2. The standard InChI is InChI=1S/C33H64NO8P/c1-3-5-7-9-11-13-15-17-19-21-23-25-32(36)39-28-30(35)29-40-33(37)31(42-43(38)34-26-27-41-43)24-22-20-18-16-14-12-10-8-6-4-2/h30-31,35H,3-29H2,1-2H3,(H,34,38). The van der Waals surface area contributed by atoms with Crippen LogP contribution in [0.15, 0.2) is 0 Å². The van der Waals surface area contributed by atoms with E-state index in [4.69, 9.17) is 18.5 Å². The highest BCUT2D eigenvalue weighted by Crippen LogP contribution is 2.48. The van der Waals surface area contributed by atoms with Gasteiger partial charge in [0.2, 0.25) is 0 Å². The average molecular weight is 634 g/mol. The van der Waals surface area contributed by atoms with E-state index >= 15 is 0 Å². The summed E-state index contributed by atoms with van der Waals surface area (Å²) in [6.07, 6.45) is 23.3. The number of carbonyl (C=O) groups excluding carboxylic acids is 2. The van der Waals surface area contributed by atoms with E-state index in [1.54, 1.807) is 0 Å². The maximum atomic E-state index is 12.8. The third-order valence-corrected chi connectivity index (χ3v) is 9.52. The number of aliphatic hydroxyl groups is 1. The van der Waals surface area contributed by atoms with Crippen molar-refractivity contribution in [2.75, 3.05) is 26.4 Å². The summed E-state index contributed by atoms with van der Waals surface area (Å²) in [5.41, 5.74) is 0. The van der Waals surface area contributed by atoms with Crippen LogP contribution < -0.4 is 5.09 Å². The number of hydrogen-bond acceptors (Lipinski definition) is 8. The number of esters is 2. The molecule has 0 aromatic rings. The maximum Gasteiger partial charge on any atom is 0.406 e. The van der Waals surface area contributed by atoms with E-state index < -0.39 is 25.9 Å². The van der Waals surface area contributed by atoms with Crippen molar-refractivity contribution in [2.24, 2.45) is 0 Å². The Kier molecular flexibility index (Phi) is 25.4. The lowest BCUT2D eigenvalue weighted by Crippen LogP contribution is -2.31. The van der Waals surface area contributed by atoms with Gasteiger partial charge in [-0.25, -0.2) is 14.4 Å². The maximum absolute atomic E-state index is 12.8. The molecule has 0 aromatic heterocycles. The van der Waals surface area contributed by atoms with Crippen LogP contribution in [-0.2, 0) is 32.7 Å². The molecule has 1 fully saturated rings. The van der Waals surface area contributed by atoms with Crippen molar-refractivity contribution in [1.29, 1.82) is 0 Å². The fraction of sp³-hybridized carbons (Fsp3) is 0.939. The van der Waals surface area contributed by atoms with Gasteiger partial charge in [-0.05, 0) is 12.8 Å². The van der Waals surface area contributed by atoms with E-state index in [0.29, 0.717) is 19.4 Å². The lowest BCUT2D eigenvalue weighted by molar-refractivity contribution is -0.158. The van der Waals surface area contributed by atoms with Crippen molar-refractivity contribution >= 4 is 19.7 Å². The normalized spacial score (nSPS) is 18.0. The van der Waals surface area contributed by atoms with E-state index in [-0.39, 0.29) is 25.8 Å². The Labute approximate surface area is 262 Å². The Balaban J connectivity index is 2.20. The molecule has 1 aliphatic rings. The van der Waals surface area contributed by atoms with Gasteiger partial charge in [0.15, 0.2) is 6.10 Å². The Morgan fingerprint density at radius 2 is 1.19 bits per heavy atom. The summed E-state index contributed by atoms with van der Waals surface area (Å²) in [7, 11) is -3.54. The summed E-state index contributed by atoms with van der Waals surface area (Å²) in [5, 5.41) is 12.9. The minimum atomic E-state index is -3.54. The van der Waals surface area contributed by atoms with Gasteiger partial charge in [-0.2, -0.15) is 0 Å². The second-order valence-electron chi connectivity index (χ2n) is 12.1. The van der Waals surface area contributed by atoms with Gasteiger partial charge in [0.25, 0.3) is 0 Å². The van der Waals surface area contributed by atoms with E-state index in [1.807, 2.05) is 0 Å².